The zero-order valence-electron chi connectivity index (χ0n) is 10.7. The fraction of sp³-hybridized carbons (Fsp3) is 0.600. The predicted molar refractivity (Wildman–Crippen MR) is 77.2 cm³/mol. The van der Waals surface area contributed by atoms with Crippen LogP contribution in [0.15, 0.2) is 18.2 Å². The largest absolute Gasteiger partial charge is 0.388 e. The van der Waals surface area contributed by atoms with Crippen LogP contribution in [0.4, 0.5) is 0 Å². The lowest BCUT2D eigenvalue weighted by molar-refractivity contribution is 0.0678. The van der Waals surface area contributed by atoms with Crippen molar-refractivity contribution in [1.29, 1.82) is 0 Å². The second-order valence-electron chi connectivity index (χ2n) is 5.32. The van der Waals surface area contributed by atoms with Gasteiger partial charge in [-0.25, -0.2) is 0 Å². The van der Waals surface area contributed by atoms with Crippen molar-refractivity contribution in [3.63, 3.8) is 0 Å². The SMILES string of the molecule is CCC1CCCC(C(O)c2ccc(Cl)c(Cl)c2)C1. The summed E-state index contributed by atoms with van der Waals surface area (Å²) in [5.41, 5.74) is 0.895. The number of benzene rings is 1. The number of aliphatic hydroxyl groups excluding tert-OH is 1. The van der Waals surface area contributed by atoms with E-state index in [-0.39, 0.29) is 0 Å². The molecule has 0 spiro atoms. The average molecular weight is 287 g/mol. The van der Waals surface area contributed by atoms with Crippen LogP contribution in [0.1, 0.15) is 50.7 Å². The molecule has 1 fully saturated rings. The van der Waals surface area contributed by atoms with Gasteiger partial charge >= 0.3 is 0 Å². The van der Waals surface area contributed by atoms with E-state index < -0.39 is 6.10 Å². The van der Waals surface area contributed by atoms with Crippen molar-refractivity contribution < 1.29 is 5.11 Å². The van der Waals surface area contributed by atoms with Crippen molar-refractivity contribution in [1.82, 2.24) is 0 Å². The molecule has 1 saturated carbocycles. The molecule has 1 N–H and O–H groups in total. The second-order valence-corrected chi connectivity index (χ2v) is 6.13. The van der Waals surface area contributed by atoms with Crippen LogP contribution in [0.3, 0.4) is 0 Å². The molecule has 3 atom stereocenters. The standard InChI is InChI=1S/C15H20Cl2O/c1-2-10-4-3-5-11(8-10)15(18)12-6-7-13(16)14(17)9-12/h6-7,9-11,15,18H,2-5,8H2,1H3. The maximum absolute atomic E-state index is 10.5. The third-order valence-electron chi connectivity index (χ3n) is 4.13. The normalized spacial score (nSPS) is 26.0. The molecule has 2 rings (SSSR count). The topological polar surface area (TPSA) is 20.2 Å². The number of aliphatic hydroxyl groups is 1. The van der Waals surface area contributed by atoms with Crippen LogP contribution in [0.25, 0.3) is 0 Å². The first-order valence-electron chi connectivity index (χ1n) is 6.74. The summed E-state index contributed by atoms with van der Waals surface area (Å²) in [5, 5.41) is 11.5. The molecule has 3 heteroatoms. The van der Waals surface area contributed by atoms with E-state index in [1.165, 1.54) is 19.3 Å². The third kappa shape index (κ3) is 3.20. The molecule has 1 aromatic rings. The minimum Gasteiger partial charge on any atom is -0.388 e. The number of rotatable bonds is 3. The van der Waals surface area contributed by atoms with Gasteiger partial charge in [-0.15, -0.1) is 0 Å². The van der Waals surface area contributed by atoms with Gasteiger partial charge in [-0.1, -0.05) is 55.5 Å². The van der Waals surface area contributed by atoms with E-state index in [4.69, 9.17) is 23.2 Å². The Kier molecular flexibility index (Phi) is 4.94. The molecule has 0 amide bonds. The summed E-state index contributed by atoms with van der Waals surface area (Å²) in [5.74, 6) is 1.13. The minimum absolute atomic E-state index is 0.362. The van der Waals surface area contributed by atoms with Crippen LogP contribution in [-0.4, -0.2) is 5.11 Å². The van der Waals surface area contributed by atoms with Gasteiger partial charge in [-0.3, -0.25) is 0 Å². The van der Waals surface area contributed by atoms with Gasteiger partial charge in [-0.05, 0) is 42.4 Å². The summed E-state index contributed by atoms with van der Waals surface area (Å²) in [6.45, 7) is 2.23. The lowest BCUT2D eigenvalue weighted by atomic mass is 9.76. The molecule has 0 bridgehead atoms. The number of halogens is 2. The molecular weight excluding hydrogens is 267 g/mol. The van der Waals surface area contributed by atoms with Crippen LogP contribution >= 0.6 is 23.2 Å². The van der Waals surface area contributed by atoms with Gasteiger partial charge in [0.2, 0.25) is 0 Å². The fourth-order valence-electron chi connectivity index (χ4n) is 2.96. The van der Waals surface area contributed by atoms with E-state index in [9.17, 15) is 5.11 Å². The second kappa shape index (κ2) is 6.27. The highest BCUT2D eigenvalue weighted by Crippen LogP contribution is 2.39. The highest BCUT2D eigenvalue weighted by Gasteiger charge is 2.27. The molecule has 1 aliphatic carbocycles. The van der Waals surface area contributed by atoms with Crippen LogP contribution in [0, 0.1) is 11.8 Å². The average Bonchev–Trinajstić information content (AvgIpc) is 2.41. The van der Waals surface area contributed by atoms with Crippen molar-refractivity contribution in [3.05, 3.63) is 33.8 Å². The first kappa shape index (κ1) is 14.2. The Morgan fingerprint density at radius 3 is 2.72 bits per heavy atom. The Morgan fingerprint density at radius 2 is 2.06 bits per heavy atom. The zero-order chi connectivity index (χ0) is 13.1. The molecule has 100 valence electrons. The van der Waals surface area contributed by atoms with Crippen molar-refractivity contribution in [2.75, 3.05) is 0 Å². The summed E-state index contributed by atoms with van der Waals surface area (Å²) in [6.07, 6.45) is 5.57. The van der Waals surface area contributed by atoms with Crippen LogP contribution in [0.2, 0.25) is 10.0 Å². The quantitative estimate of drug-likeness (QED) is 0.805. The van der Waals surface area contributed by atoms with Gasteiger partial charge in [0.25, 0.3) is 0 Å². The molecule has 0 radical (unpaired) electrons. The van der Waals surface area contributed by atoms with Gasteiger partial charge < -0.3 is 5.11 Å². The van der Waals surface area contributed by atoms with E-state index in [0.29, 0.717) is 16.0 Å². The fourth-order valence-corrected chi connectivity index (χ4v) is 3.27. The van der Waals surface area contributed by atoms with Crippen LogP contribution in [-0.2, 0) is 0 Å². The first-order chi connectivity index (χ1) is 8.61. The Morgan fingerprint density at radius 1 is 1.28 bits per heavy atom. The Bertz CT molecular complexity index is 405. The highest BCUT2D eigenvalue weighted by atomic mass is 35.5. The Balaban J connectivity index is 2.10. The predicted octanol–water partition coefficient (Wildman–Crippen LogP) is 5.24. The number of hydrogen-bond donors (Lipinski definition) is 1. The van der Waals surface area contributed by atoms with Crippen LogP contribution in [0.5, 0.6) is 0 Å². The first-order valence-corrected chi connectivity index (χ1v) is 7.50. The molecule has 1 aromatic carbocycles. The molecule has 0 aliphatic heterocycles. The summed E-state index contributed by atoms with van der Waals surface area (Å²) >= 11 is 11.9. The Hall–Kier alpha value is -0.240. The Labute approximate surface area is 119 Å². The lowest BCUT2D eigenvalue weighted by Gasteiger charge is -2.32. The van der Waals surface area contributed by atoms with E-state index in [0.717, 1.165) is 24.3 Å². The monoisotopic (exact) mass is 286 g/mol. The third-order valence-corrected chi connectivity index (χ3v) is 4.87. The maximum Gasteiger partial charge on any atom is 0.0818 e. The molecule has 0 heterocycles. The van der Waals surface area contributed by atoms with Crippen molar-refractivity contribution in [2.45, 2.75) is 45.1 Å². The minimum atomic E-state index is -0.408. The number of hydrogen-bond acceptors (Lipinski definition) is 1. The zero-order valence-corrected chi connectivity index (χ0v) is 12.2. The summed E-state index contributed by atoms with van der Waals surface area (Å²) in [6, 6.07) is 5.45. The summed E-state index contributed by atoms with van der Waals surface area (Å²) < 4.78 is 0. The van der Waals surface area contributed by atoms with Gasteiger partial charge in [-0.2, -0.15) is 0 Å². The highest BCUT2D eigenvalue weighted by molar-refractivity contribution is 6.42. The molecule has 18 heavy (non-hydrogen) atoms. The smallest absolute Gasteiger partial charge is 0.0818 e. The van der Waals surface area contributed by atoms with E-state index in [1.54, 1.807) is 12.1 Å². The lowest BCUT2D eigenvalue weighted by Crippen LogP contribution is -2.21. The molecular formula is C15H20Cl2O. The summed E-state index contributed by atoms with van der Waals surface area (Å²) in [7, 11) is 0. The van der Waals surface area contributed by atoms with Crippen molar-refractivity contribution >= 4 is 23.2 Å². The van der Waals surface area contributed by atoms with Gasteiger partial charge in [0.15, 0.2) is 0 Å². The maximum atomic E-state index is 10.5. The van der Waals surface area contributed by atoms with Gasteiger partial charge in [0.1, 0.15) is 0 Å². The molecule has 0 aromatic heterocycles. The van der Waals surface area contributed by atoms with Crippen molar-refractivity contribution in [2.24, 2.45) is 11.8 Å². The molecule has 3 unspecified atom stereocenters. The molecule has 0 saturated heterocycles. The van der Waals surface area contributed by atoms with E-state index >= 15 is 0 Å². The van der Waals surface area contributed by atoms with Crippen molar-refractivity contribution in [3.8, 4) is 0 Å². The van der Waals surface area contributed by atoms with Crippen LogP contribution < -0.4 is 0 Å². The molecule has 1 nitrogen and oxygen atoms in total. The molecule has 1 aliphatic rings. The van der Waals surface area contributed by atoms with E-state index in [1.807, 2.05) is 6.07 Å². The van der Waals surface area contributed by atoms with E-state index in [2.05, 4.69) is 6.92 Å². The van der Waals surface area contributed by atoms with Gasteiger partial charge in [0, 0.05) is 0 Å². The summed E-state index contributed by atoms with van der Waals surface area (Å²) in [4.78, 5) is 0. The van der Waals surface area contributed by atoms with Gasteiger partial charge in [0.05, 0.1) is 16.1 Å².